The smallest absolute Gasteiger partial charge is 0.416 e. The van der Waals surface area contributed by atoms with Gasteiger partial charge in [-0.25, -0.2) is 8.42 Å². The summed E-state index contributed by atoms with van der Waals surface area (Å²) in [5, 5.41) is 0. The quantitative estimate of drug-likeness (QED) is 0.230. The first-order valence-electron chi connectivity index (χ1n) is 10.1. The van der Waals surface area contributed by atoms with Crippen LogP contribution in [0.5, 0.6) is 0 Å². The molecule has 0 aromatic heterocycles. The lowest BCUT2D eigenvalue weighted by molar-refractivity contribution is -0.137. The first kappa shape index (κ1) is 25.6. The van der Waals surface area contributed by atoms with E-state index in [1.54, 1.807) is 0 Å². The normalized spacial score (nSPS) is 11.6. The molecule has 0 saturated carbocycles. The van der Waals surface area contributed by atoms with E-state index in [9.17, 15) is 26.1 Å². The Morgan fingerprint density at radius 1 is 0.676 bits per heavy atom. The molecule has 0 aliphatic carbocycles. The van der Waals surface area contributed by atoms with Gasteiger partial charge < -0.3 is 4.55 Å². The molecule has 0 fully saturated rings. The van der Waals surface area contributed by atoms with E-state index in [1.807, 2.05) is 0 Å². The second-order valence-corrected chi connectivity index (χ2v) is 10.6. The van der Waals surface area contributed by atoms with Crippen LogP contribution in [0.2, 0.25) is 0 Å². The summed E-state index contributed by atoms with van der Waals surface area (Å²) in [6.07, 6.45) is -4.54. The van der Waals surface area contributed by atoms with Gasteiger partial charge in [-0.2, -0.15) is 13.2 Å². The Morgan fingerprint density at radius 2 is 1.15 bits per heavy atom. The molecule has 4 aromatic carbocycles. The molecule has 0 spiro atoms. The minimum absolute atomic E-state index is 0.0249. The molecule has 3 nitrogen and oxygen atoms in total. The Labute approximate surface area is 200 Å². The molecule has 176 valence electrons. The van der Waals surface area contributed by atoms with Crippen molar-refractivity contribution in [1.82, 2.24) is 0 Å². The third kappa shape index (κ3) is 6.96. The number of rotatable bonds is 4. The Kier molecular flexibility index (Phi) is 8.19. The second-order valence-electron chi connectivity index (χ2n) is 7.23. The molecule has 0 aliphatic heterocycles. The molecule has 0 aliphatic rings. The fourth-order valence-corrected chi connectivity index (χ4v) is 5.74. The average molecular weight is 503 g/mol. The van der Waals surface area contributed by atoms with Crippen LogP contribution >= 0.6 is 0 Å². The minimum atomic E-state index is -4.68. The van der Waals surface area contributed by atoms with Crippen LogP contribution in [0, 0.1) is 6.92 Å². The number of halogens is 3. The van der Waals surface area contributed by atoms with Crippen LogP contribution in [0.25, 0.3) is 0 Å². The highest BCUT2D eigenvalue weighted by atomic mass is 32.2. The molecular weight excluding hydrogens is 481 g/mol. The number of alkyl halides is 3. The van der Waals surface area contributed by atoms with Crippen LogP contribution in [0.3, 0.4) is 0 Å². The summed E-state index contributed by atoms with van der Waals surface area (Å²) in [5.41, 5.74) is 0.316. The lowest BCUT2D eigenvalue weighted by Gasteiger charge is -2.09. The summed E-state index contributed by atoms with van der Waals surface area (Å²) >= 11 is 0. The lowest BCUT2D eigenvalue weighted by atomic mass is 10.2. The summed E-state index contributed by atoms with van der Waals surface area (Å²) in [6, 6.07) is 32.7. The predicted molar refractivity (Wildman–Crippen MR) is 126 cm³/mol. The molecule has 0 radical (unpaired) electrons. The Morgan fingerprint density at radius 3 is 1.56 bits per heavy atom. The van der Waals surface area contributed by atoms with Crippen molar-refractivity contribution in [2.75, 3.05) is 0 Å². The molecular formula is C26H21F3O3S2. The van der Waals surface area contributed by atoms with Crippen LogP contribution in [0.4, 0.5) is 13.2 Å². The van der Waals surface area contributed by atoms with Gasteiger partial charge in [0.1, 0.15) is 10.1 Å². The first-order valence-corrected chi connectivity index (χ1v) is 12.7. The summed E-state index contributed by atoms with van der Waals surface area (Å²) in [6.45, 7) is 2.15. The topological polar surface area (TPSA) is 57.2 Å². The number of benzene rings is 4. The van der Waals surface area contributed by atoms with E-state index in [0.717, 1.165) is 0 Å². The maximum atomic E-state index is 12.0. The highest BCUT2D eigenvalue weighted by Crippen LogP contribution is 2.31. The van der Waals surface area contributed by atoms with Crippen LogP contribution < -0.4 is 0 Å². The van der Waals surface area contributed by atoms with Gasteiger partial charge in [0.2, 0.25) is 0 Å². The number of hydrogen-bond donors (Lipinski definition) is 0. The Balaban J connectivity index is 0.000000204. The van der Waals surface area contributed by atoms with Gasteiger partial charge >= 0.3 is 6.18 Å². The maximum Gasteiger partial charge on any atom is 0.416 e. The van der Waals surface area contributed by atoms with Crippen LogP contribution in [-0.2, 0) is 27.2 Å². The largest absolute Gasteiger partial charge is 0.744 e. The molecule has 0 bridgehead atoms. The van der Waals surface area contributed by atoms with Gasteiger partial charge in [0.05, 0.1) is 21.4 Å². The molecule has 0 unspecified atom stereocenters. The SMILES string of the molecule is Cc1cccc([S+](c2ccccc2)c2ccccc2)c1.O=S(=O)([O-])c1ccc(C(F)(F)F)cc1. The molecule has 4 aromatic rings. The fourth-order valence-electron chi connectivity index (χ4n) is 3.07. The summed E-state index contributed by atoms with van der Waals surface area (Å²) < 4.78 is 67.0. The van der Waals surface area contributed by atoms with Crippen molar-refractivity contribution in [2.45, 2.75) is 32.7 Å². The molecule has 0 saturated heterocycles. The zero-order valence-electron chi connectivity index (χ0n) is 18.1. The van der Waals surface area contributed by atoms with E-state index in [4.69, 9.17) is 0 Å². The highest BCUT2D eigenvalue weighted by molar-refractivity contribution is 7.97. The fraction of sp³-hybridized carbons (Fsp3) is 0.0769. The molecule has 34 heavy (non-hydrogen) atoms. The second kappa shape index (κ2) is 10.9. The van der Waals surface area contributed by atoms with E-state index in [2.05, 4.69) is 91.9 Å². The van der Waals surface area contributed by atoms with Crippen molar-refractivity contribution in [3.8, 4) is 0 Å². The number of aryl methyl sites for hydroxylation is 1. The third-order valence-corrected chi connectivity index (χ3v) is 7.72. The van der Waals surface area contributed by atoms with Crippen LogP contribution in [0.1, 0.15) is 11.1 Å². The predicted octanol–water partition coefficient (Wildman–Crippen LogP) is 6.70. The van der Waals surface area contributed by atoms with Crippen molar-refractivity contribution in [3.05, 3.63) is 120 Å². The molecule has 0 atom stereocenters. The van der Waals surface area contributed by atoms with E-state index in [0.29, 0.717) is 24.3 Å². The monoisotopic (exact) mass is 502 g/mol. The van der Waals surface area contributed by atoms with E-state index >= 15 is 0 Å². The molecule has 4 rings (SSSR count). The minimum Gasteiger partial charge on any atom is -0.744 e. The highest BCUT2D eigenvalue weighted by Gasteiger charge is 2.30. The molecule has 0 amide bonds. The lowest BCUT2D eigenvalue weighted by Crippen LogP contribution is -2.05. The number of hydrogen-bond acceptors (Lipinski definition) is 3. The van der Waals surface area contributed by atoms with Gasteiger partial charge in [0.15, 0.2) is 14.7 Å². The van der Waals surface area contributed by atoms with Gasteiger partial charge in [-0.3, -0.25) is 0 Å². The zero-order chi connectivity index (χ0) is 24.8. The van der Waals surface area contributed by atoms with E-state index < -0.39 is 26.8 Å². The van der Waals surface area contributed by atoms with Gasteiger partial charge in [-0.15, -0.1) is 0 Å². The zero-order valence-corrected chi connectivity index (χ0v) is 19.7. The third-order valence-electron chi connectivity index (χ3n) is 4.65. The van der Waals surface area contributed by atoms with Crippen molar-refractivity contribution < 1.29 is 26.1 Å². The van der Waals surface area contributed by atoms with Crippen molar-refractivity contribution >= 4 is 21.0 Å². The summed E-state index contributed by atoms with van der Waals surface area (Å²) in [4.78, 5) is 3.43. The molecule has 0 N–H and O–H groups in total. The van der Waals surface area contributed by atoms with Gasteiger partial charge in [-0.05, 0) is 73.2 Å². The standard InChI is InChI=1S/C19H17S.C7H5F3O3S/c1-16-9-8-14-19(15-16)20(17-10-4-2-5-11-17)18-12-6-3-7-13-18;8-7(9,10)5-1-3-6(4-2-5)14(11,12)13/h2-15H,1H3;1-4H,(H,11,12,13)/q+1;/p-1. The Bertz CT molecular complexity index is 1270. The molecule has 8 heteroatoms. The van der Waals surface area contributed by atoms with Gasteiger partial charge in [0.25, 0.3) is 0 Å². The molecule has 0 heterocycles. The average Bonchev–Trinajstić information content (AvgIpc) is 2.80. The van der Waals surface area contributed by atoms with Gasteiger partial charge in [0, 0.05) is 0 Å². The van der Waals surface area contributed by atoms with E-state index in [-0.39, 0.29) is 10.9 Å². The summed E-state index contributed by atoms with van der Waals surface area (Å²) in [7, 11) is -4.71. The summed E-state index contributed by atoms with van der Waals surface area (Å²) in [5.74, 6) is 0. The van der Waals surface area contributed by atoms with Gasteiger partial charge in [-0.1, -0.05) is 48.5 Å². The van der Waals surface area contributed by atoms with E-state index in [1.165, 1.54) is 20.2 Å². The van der Waals surface area contributed by atoms with Crippen molar-refractivity contribution in [1.29, 1.82) is 0 Å². The van der Waals surface area contributed by atoms with Crippen LogP contribution in [-0.4, -0.2) is 13.0 Å². The van der Waals surface area contributed by atoms with Crippen molar-refractivity contribution in [2.24, 2.45) is 0 Å². The maximum absolute atomic E-state index is 12.0. The first-order chi connectivity index (χ1) is 16.1. The Hall–Kier alpha value is -3.07. The van der Waals surface area contributed by atoms with Crippen molar-refractivity contribution in [3.63, 3.8) is 0 Å². The van der Waals surface area contributed by atoms with Crippen LogP contribution in [0.15, 0.2) is 129 Å².